The predicted octanol–water partition coefficient (Wildman–Crippen LogP) is 4.35. The van der Waals surface area contributed by atoms with Crippen molar-refractivity contribution in [3.8, 4) is 0 Å². The van der Waals surface area contributed by atoms with Crippen molar-refractivity contribution in [1.82, 2.24) is 5.32 Å². The molecule has 1 aliphatic rings. The number of hydrogen-bond acceptors (Lipinski definition) is 2. The number of hydrogen-bond donors (Lipinski definition) is 2. The van der Waals surface area contributed by atoms with E-state index in [0.29, 0.717) is 10.6 Å². The predicted molar refractivity (Wildman–Crippen MR) is 89.2 cm³/mol. The molecule has 0 fully saturated rings. The number of amides is 1. The highest BCUT2D eigenvalue weighted by Gasteiger charge is 2.25. The normalized spacial score (nSPS) is 16.8. The Morgan fingerprint density at radius 1 is 0.909 bits per heavy atom. The maximum Gasteiger partial charge on any atom is 0.255 e. The van der Waals surface area contributed by atoms with E-state index in [2.05, 4.69) is 28.8 Å². The average molecular weight is 309 g/mol. The largest absolute Gasteiger partial charge is 0.361 e. The van der Waals surface area contributed by atoms with Gasteiger partial charge in [-0.05, 0) is 29.0 Å². The fourth-order valence-corrected chi connectivity index (χ4v) is 3.06. The molecule has 3 aromatic carbocycles. The second-order valence-electron chi connectivity index (χ2n) is 5.31. The molecule has 0 aromatic heterocycles. The number of anilines is 1. The third kappa shape index (κ3) is 2.11. The van der Waals surface area contributed by atoms with Crippen LogP contribution in [-0.4, -0.2) is 5.91 Å². The molecule has 1 heterocycles. The van der Waals surface area contributed by atoms with Gasteiger partial charge in [0.05, 0.1) is 11.3 Å². The quantitative estimate of drug-likeness (QED) is 0.702. The first kappa shape index (κ1) is 13.2. The van der Waals surface area contributed by atoms with Gasteiger partial charge in [-0.1, -0.05) is 54.1 Å². The zero-order valence-electron chi connectivity index (χ0n) is 11.6. The lowest BCUT2D eigenvalue weighted by Crippen LogP contribution is -2.38. The Morgan fingerprint density at radius 3 is 2.64 bits per heavy atom. The molecule has 4 rings (SSSR count). The van der Waals surface area contributed by atoms with Gasteiger partial charge in [0.1, 0.15) is 6.17 Å². The Hall–Kier alpha value is -2.52. The van der Waals surface area contributed by atoms with E-state index < -0.39 is 0 Å². The Labute approximate surface area is 132 Å². The van der Waals surface area contributed by atoms with E-state index in [4.69, 9.17) is 11.6 Å². The van der Waals surface area contributed by atoms with Gasteiger partial charge < -0.3 is 10.6 Å². The summed E-state index contributed by atoms with van der Waals surface area (Å²) in [5.74, 6) is -0.0941. The maximum absolute atomic E-state index is 12.3. The molecule has 22 heavy (non-hydrogen) atoms. The van der Waals surface area contributed by atoms with Crippen molar-refractivity contribution in [3.05, 3.63) is 76.8 Å². The first-order chi connectivity index (χ1) is 10.7. The summed E-state index contributed by atoms with van der Waals surface area (Å²) in [7, 11) is 0. The zero-order chi connectivity index (χ0) is 15.1. The summed E-state index contributed by atoms with van der Waals surface area (Å²) < 4.78 is 0. The lowest BCUT2D eigenvalue weighted by Gasteiger charge is -2.29. The highest BCUT2D eigenvalue weighted by molar-refractivity contribution is 6.31. The SMILES string of the molecule is O=C1NC(c2cccc3ccccc23)Nc2cc(Cl)ccc21. The Kier molecular flexibility index (Phi) is 3.01. The molecule has 3 nitrogen and oxygen atoms in total. The summed E-state index contributed by atoms with van der Waals surface area (Å²) in [5.41, 5.74) is 2.41. The minimum absolute atomic E-state index is 0.0941. The van der Waals surface area contributed by atoms with E-state index in [-0.39, 0.29) is 12.1 Å². The Bertz CT molecular complexity index is 886. The van der Waals surface area contributed by atoms with Crippen molar-refractivity contribution >= 4 is 34.0 Å². The summed E-state index contributed by atoms with van der Waals surface area (Å²) in [4.78, 5) is 12.3. The fraction of sp³-hybridized carbons (Fsp3) is 0.0556. The minimum Gasteiger partial charge on any atom is -0.361 e. The summed E-state index contributed by atoms with van der Waals surface area (Å²) in [5, 5.41) is 9.24. The standard InChI is InChI=1S/C18H13ClN2O/c19-12-8-9-15-16(10-12)20-17(21-18(15)22)14-7-3-5-11-4-1-2-6-13(11)14/h1-10,17,20H,(H,21,22). The van der Waals surface area contributed by atoms with Crippen LogP contribution in [-0.2, 0) is 0 Å². The van der Waals surface area contributed by atoms with Gasteiger partial charge in [0, 0.05) is 10.6 Å². The van der Waals surface area contributed by atoms with Crippen LogP contribution in [0.5, 0.6) is 0 Å². The summed E-state index contributed by atoms with van der Waals surface area (Å²) in [6.07, 6.45) is -0.274. The molecular weight excluding hydrogens is 296 g/mol. The van der Waals surface area contributed by atoms with E-state index >= 15 is 0 Å². The van der Waals surface area contributed by atoms with Crippen LogP contribution in [0.4, 0.5) is 5.69 Å². The molecule has 0 radical (unpaired) electrons. The number of nitrogens with one attached hydrogen (secondary N) is 2. The molecule has 1 amide bonds. The van der Waals surface area contributed by atoms with Crippen LogP contribution in [0.15, 0.2) is 60.7 Å². The van der Waals surface area contributed by atoms with Crippen LogP contribution < -0.4 is 10.6 Å². The molecule has 0 saturated heterocycles. The molecule has 1 unspecified atom stereocenters. The molecule has 3 aromatic rings. The van der Waals surface area contributed by atoms with E-state index in [0.717, 1.165) is 22.0 Å². The lowest BCUT2D eigenvalue weighted by molar-refractivity contribution is 0.0936. The van der Waals surface area contributed by atoms with Crippen molar-refractivity contribution in [2.24, 2.45) is 0 Å². The smallest absolute Gasteiger partial charge is 0.255 e. The molecule has 4 heteroatoms. The highest BCUT2D eigenvalue weighted by atomic mass is 35.5. The number of carbonyl (C=O) groups excluding carboxylic acids is 1. The molecule has 1 atom stereocenters. The third-order valence-corrected chi connectivity index (χ3v) is 4.17. The topological polar surface area (TPSA) is 41.1 Å². The molecular formula is C18H13ClN2O. The van der Waals surface area contributed by atoms with Crippen molar-refractivity contribution in [1.29, 1.82) is 0 Å². The fourth-order valence-electron chi connectivity index (χ4n) is 2.89. The Morgan fingerprint density at radius 2 is 1.73 bits per heavy atom. The van der Waals surface area contributed by atoms with Crippen LogP contribution in [0.25, 0.3) is 10.8 Å². The molecule has 0 saturated carbocycles. The summed E-state index contributed by atoms with van der Waals surface area (Å²) >= 11 is 6.04. The van der Waals surface area contributed by atoms with Crippen molar-refractivity contribution in [2.45, 2.75) is 6.17 Å². The van der Waals surface area contributed by atoms with Crippen LogP contribution in [0.2, 0.25) is 5.02 Å². The van der Waals surface area contributed by atoms with Crippen LogP contribution >= 0.6 is 11.6 Å². The molecule has 1 aliphatic heterocycles. The summed E-state index contributed by atoms with van der Waals surface area (Å²) in [6, 6.07) is 19.5. The van der Waals surface area contributed by atoms with Gasteiger partial charge in [-0.3, -0.25) is 4.79 Å². The van der Waals surface area contributed by atoms with Gasteiger partial charge in [-0.2, -0.15) is 0 Å². The summed E-state index contributed by atoms with van der Waals surface area (Å²) in [6.45, 7) is 0. The Balaban J connectivity index is 1.82. The number of fused-ring (bicyclic) bond motifs is 2. The van der Waals surface area contributed by atoms with Crippen molar-refractivity contribution in [2.75, 3.05) is 5.32 Å². The van der Waals surface area contributed by atoms with Crippen LogP contribution in [0, 0.1) is 0 Å². The van der Waals surface area contributed by atoms with Crippen molar-refractivity contribution in [3.63, 3.8) is 0 Å². The van der Waals surface area contributed by atoms with Crippen molar-refractivity contribution < 1.29 is 4.79 Å². The number of halogens is 1. The van der Waals surface area contributed by atoms with Gasteiger partial charge in [0.15, 0.2) is 0 Å². The molecule has 0 bridgehead atoms. The van der Waals surface area contributed by atoms with Gasteiger partial charge >= 0.3 is 0 Å². The molecule has 0 spiro atoms. The molecule has 108 valence electrons. The molecule has 2 N–H and O–H groups in total. The zero-order valence-corrected chi connectivity index (χ0v) is 12.4. The van der Waals surface area contributed by atoms with Gasteiger partial charge in [0.25, 0.3) is 5.91 Å². The second kappa shape index (κ2) is 5.04. The van der Waals surface area contributed by atoms with Gasteiger partial charge in [-0.25, -0.2) is 0 Å². The van der Waals surface area contributed by atoms with Crippen LogP contribution in [0.3, 0.4) is 0 Å². The van der Waals surface area contributed by atoms with E-state index in [1.54, 1.807) is 18.2 Å². The lowest BCUT2D eigenvalue weighted by atomic mass is 10.00. The van der Waals surface area contributed by atoms with Crippen LogP contribution in [0.1, 0.15) is 22.1 Å². The second-order valence-corrected chi connectivity index (χ2v) is 5.75. The number of benzene rings is 3. The van der Waals surface area contributed by atoms with E-state index in [9.17, 15) is 4.79 Å². The first-order valence-corrected chi connectivity index (χ1v) is 7.45. The monoisotopic (exact) mass is 308 g/mol. The number of carbonyl (C=O) groups is 1. The third-order valence-electron chi connectivity index (χ3n) is 3.94. The van der Waals surface area contributed by atoms with Gasteiger partial charge in [0.2, 0.25) is 0 Å². The van der Waals surface area contributed by atoms with Gasteiger partial charge in [-0.15, -0.1) is 0 Å². The van der Waals surface area contributed by atoms with E-state index in [1.165, 1.54) is 0 Å². The molecule has 0 aliphatic carbocycles. The minimum atomic E-state index is -0.274. The highest BCUT2D eigenvalue weighted by Crippen LogP contribution is 2.31. The first-order valence-electron chi connectivity index (χ1n) is 7.07. The number of rotatable bonds is 1. The average Bonchev–Trinajstić information content (AvgIpc) is 2.53. The maximum atomic E-state index is 12.3. The van der Waals surface area contributed by atoms with E-state index in [1.807, 2.05) is 24.3 Å².